The first-order valence-electron chi connectivity index (χ1n) is 19.0. The van der Waals surface area contributed by atoms with Gasteiger partial charge in [-0.25, -0.2) is 29.5 Å². The Labute approximate surface area is 363 Å². The van der Waals surface area contributed by atoms with Crippen LogP contribution in [0.4, 0.5) is 5.95 Å². The smallest absolute Gasteiger partial charge is 0.341 e. The lowest BCUT2D eigenvalue weighted by molar-refractivity contribution is 0.0513. The SMILES string of the molecule is CCOC(=O)c1c(C)nc(Cl)nc1C.CCOC(=O)c1c(C)nc(NCc2ccccc2-c2ccccc2OC)nc1C.COc1ccccc1-c1ccccc1CN.Cl. The van der Waals surface area contributed by atoms with Crippen LogP contribution >= 0.6 is 24.0 Å². The van der Waals surface area contributed by atoms with Gasteiger partial charge in [0.15, 0.2) is 0 Å². The van der Waals surface area contributed by atoms with Gasteiger partial charge in [0.1, 0.15) is 22.6 Å². The number of ether oxygens (including phenoxy) is 4. The van der Waals surface area contributed by atoms with Gasteiger partial charge < -0.3 is 30.0 Å². The van der Waals surface area contributed by atoms with Crippen LogP contribution in [0.15, 0.2) is 97.1 Å². The molecule has 0 unspecified atom stereocenters. The monoisotopic (exact) mass is 854 g/mol. The van der Waals surface area contributed by atoms with Crippen LogP contribution in [0.3, 0.4) is 0 Å². The van der Waals surface area contributed by atoms with Crippen molar-refractivity contribution in [2.24, 2.45) is 5.73 Å². The van der Waals surface area contributed by atoms with Crippen molar-refractivity contribution < 1.29 is 28.5 Å². The Kier molecular flexibility index (Phi) is 19.4. The molecule has 0 aliphatic rings. The van der Waals surface area contributed by atoms with Gasteiger partial charge >= 0.3 is 11.9 Å². The number of carbonyl (C=O) groups is 2. The minimum Gasteiger partial charge on any atom is -0.496 e. The van der Waals surface area contributed by atoms with Crippen LogP contribution in [0.1, 0.15) is 68.5 Å². The quantitative estimate of drug-likeness (QED) is 0.0887. The van der Waals surface area contributed by atoms with Gasteiger partial charge in [0.05, 0.1) is 50.2 Å². The Hall–Kier alpha value is -6.08. The van der Waals surface area contributed by atoms with Crippen molar-refractivity contribution in [1.29, 1.82) is 0 Å². The number of carbonyl (C=O) groups excluding carboxylic acids is 2. The molecule has 2 heterocycles. The molecule has 0 spiro atoms. The highest BCUT2D eigenvalue weighted by Crippen LogP contribution is 2.33. The molecule has 0 atom stereocenters. The normalized spacial score (nSPS) is 10.1. The zero-order valence-electron chi connectivity index (χ0n) is 35.2. The second-order valence-corrected chi connectivity index (χ2v) is 13.2. The van der Waals surface area contributed by atoms with Gasteiger partial charge in [-0.1, -0.05) is 84.9 Å². The average Bonchev–Trinajstić information content (AvgIpc) is 3.23. The number of methoxy groups -OCH3 is 2. The van der Waals surface area contributed by atoms with E-state index >= 15 is 0 Å². The summed E-state index contributed by atoms with van der Waals surface area (Å²) in [6.07, 6.45) is 0. The Morgan fingerprint density at radius 2 is 0.950 bits per heavy atom. The average molecular weight is 856 g/mol. The number of rotatable bonds is 12. The predicted molar refractivity (Wildman–Crippen MR) is 239 cm³/mol. The van der Waals surface area contributed by atoms with Crippen molar-refractivity contribution in [3.63, 3.8) is 0 Å². The van der Waals surface area contributed by atoms with Crippen LogP contribution in [0.2, 0.25) is 5.28 Å². The van der Waals surface area contributed by atoms with Crippen LogP contribution < -0.4 is 20.5 Å². The van der Waals surface area contributed by atoms with E-state index in [0.717, 1.165) is 44.9 Å². The van der Waals surface area contributed by atoms with Crippen molar-refractivity contribution in [2.75, 3.05) is 32.8 Å². The number of benzene rings is 4. The summed E-state index contributed by atoms with van der Waals surface area (Å²) in [4.78, 5) is 40.2. The summed E-state index contributed by atoms with van der Waals surface area (Å²) in [7, 11) is 3.36. The molecule has 0 aliphatic carbocycles. The van der Waals surface area contributed by atoms with Crippen LogP contribution in [0.5, 0.6) is 11.5 Å². The summed E-state index contributed by atoms with van der Waals surface area (Å²) in [6, 6.07) is 32.2. The molecule has 0 saturated heterocycles. The second-order valence-electron chi connectivity index (χ2n) is 12.8. The Morgan fingerprint density at radius 1 is 0.583 bits per heavy atom. The molecular formula is C46H52Cl2N6O6. The van der Waals surface area contributed by atoms with Crippen LogP contribution in [-0.2, 0) is 22.6 Å². The number of esters is 2. The number of nitrogens with zero attached hydrogens (tertiary/aromatic N) is 4. The van der Waals surface area contributed by atoms with Gasteiger partial charge in [0, 0.05) is 24.2 Å². The second kappa shape index (κ2) is 24.1. The number of nitrogens with two attached hydrogens (primary N) is 1. The molecule has 4 aromatic carbocycles. The van der Waals surface area contributed by atoms with Gasteiger partial charge in [0.2, 0.25) is 11.2 Å². The maximum absolute atomic E-state index is 12.1. The molecular weight excluding hydrogens is 803 g/mol. The third-order valence-electron chi connectivity index (χ3n) is 8.96. The van der Waals surface area contributed by atoms with Crippen molar-refractivity contribution in [3.8, 4) is 33.8 Å². The fourth-order valence-corrected chi connectivity index (χ4v) is 6.53. The first-order valence-corrected chi connectivity index (χ1v) is 19.4. The highest BCUT2D eigenvalue weighted by molar-refractivity contribution is 6.28. The molecule has 3 N–H and O–H groups in total. The number of aryl methyl sites for hydroxylation is 4. The number of hydrogen-bond donors (Lipinski definition) is 2. The maximum atomic E-state index is 12.1. The minimum atomic E-state index is -0.404. The van der Waals surface area contributed by atoms with E-state index in [1.807, 2.05) is 78.9 Å². The van der Waals surface area contributed by atoms with E-state index in [9.17, 15) is 9.59 Å². The molecule has 0 aliphatic heterocycles. The van der Waals surface area contributed by atoms with Crippen LogP contribution in [0, 0.1) is 27.7 Å². The van der Waals surface area contributed by atoms with Crippen molar-refractivity contribution in [2.45, 2.75) is 54.6 Å². The molecule has 0 amide bonds. The number of halogens is 2. The first-order chi connectivity index (χ1) is 28.5. The molecule has 2 aromatic heterocycles. The van der Waals surface area contributed by atoms with Gasteiger partial charge in [0.25, 0.3) is 0 Å². The number of aromatic nitrogens is 4. The molecule has 6 aromatic rings. The van der Waals surface area contributed by atoms with Crippen LogP contribution in [0.25, 0.3) is 22.3 Å². The van der Waals surface area contributed by atoms with Crippen molar-refractivity contribution in [3.05, 3.63) is 147 Å². The van der Waals surface area contributed by atoms with Crippen molar-refractivity contribution in [1.82, 2.24) is 19.9 Å². The summed E-state index contributed by atoms with van der Waals surface area (Å²) < 4.78 is 20.8. The summed E-state index contributed by atoms with van der Waals surface area (Å²) in [6.45, 7) is 12.2. The molecule has 0 radical (unpaired) electrons. The van der Waals surface area contributed by atoms with E-state index in [2.05, 4.69) is 43.5 Å². The van der Waals surface area contributed by atoms with E-state index in [4.69, 9.17) is 36.3 Å². The molecule has 316 valence electrons. The Balaban J connectivity index is 0.000000262. The molecule has 0 bridgehead atoms. The summed E-state index contributed by atoms with van der Waals surface area (Å²) in [5, 5.41) is 3.42. The molecule has 6 rings (SSSR count). The fraction of sp³-hybridized carbons (Fsp3) is 0.261. The molecule has 14 heteroatoms. The van der Waals surface area contributed by atoms with Gasteiger partial charge in [-0.2, -0.15) is 0 Å². The largest absolute Gasteiger partial charge is 0.496 e. The van der Waals surface area contributed by atoms with Gasteiger partial charge in [-0.05, 0) is 87.5 Å². The Morgan fingerprint density at radius 3 is 1.37 bits per heavy atom. The lowest BCUT2D eigenvalue weighted by Crippen LogP contribution is -2.14. The Bertz CT molecular complexity index is 2270. The zero-order chi connectivity index (χ0) is 42.9. The molecule has 0 fully saturated rings. The molecule has 0 saturated carbocycles. The van der Waals surface area contributed by atoms with Gasteiger partial charge in [-0.15, -0.1) is 12.4 Å². The molecule has 12 nitrogen and oxygen atoms in total. The van der Waals surface area contributed by atoms with E-state index in [-0.39, 0.29) is 17.7 Å². The standard InChI is InChI=1S/C23H25N3O3.C14H15NO.C9H11ClN2O2.ClH/c1-5-29-22(27)21-15(2)25-23(26-16(21)3)24-14-17-10-6-7-11-18(17)19-12-8-9-13-20(19)28-4;1-16-14-9-5-4-8-13(14)12-7-3-2-6-11(12)10-15;1-4-14-8(13)7-5(2)11-9(10)12-6(7)3;/h6-13H,5,14H2,1-4H3,(H,24,25,26);2-9H,10,15H2,1H3;4H2,1-3H3;1H. The summed E-state index contributed by atoms with van der Waals surface area (Å²) in [5.74, 6) is 1.38. The predicted octanol–water partition coefficient (Wildman–Crippen LogP) is 9.72. The summed E-state index contributed by atoms with van der Waals surface area (Å²) >= 11 is 5.63. The lowest BCUT2D eigenvalue weighted by Gasteiger charge is -2.15. The van der Waals surface area contributed by atoms with E-state index in [1.165, 1.54) is 0 Å². The van der Waals surface area contributed by atoms with E-state index in [0.29, 0.717) is 66.2 Å². The lowest BCUT2D eigenvalue weighted by atomic mass is 9.99. The number of anilines is 1. The van der Waals surface area contributed by atoms with E-state index in [1.54, 1.807) is 55.8 Å². The number of nitrogens with one attached hydrogen (secondary N) is 1. The summed E-state index contributed by atoms with van der Waals surface area (Å²) in [5.41, 5.74) is 15.4. The molecule has 60 heavy (non-hydrogen) atoms. The van der Waals surface area contributed by atoms with E-state index < -0.39 is 11.9 Å². The number of hydrogen-bond acceptors (Lipinski definition) is 12. The highest BCUT2D eigenvalue weighted by atomic mass is 35.5. The minimum absolute atomic E-state index is 0. The third-order valence-corrected chi connectivity index (χ3v) is 9.13. The van der Waals surface area contributed by atoms with Crippen molar-refractivity contribution >= 4 is 41.9 Å². The first kappa shape index (κ1) is 48.3. The topological polar surface area (TPSA) is 161 Å². The fourth-order valence-electron chi connectivity index (χ4n) is 6.27. The highest BCUT2D eigenvalue weighted by Gasteiger charge is 2.18. The number of para-hydroxylation sites is 2. The maximum Gasteiger partial charge on any atom is 0.341 e. The van der Waals surface area contributed by atoms with Gasteiger partial charge in [-0.3, -0.25) is 0 Å². The third kappa shape index (κ3) is 12.7. The zero-order valence-corrected chi connectivity index (χ0v) is 36.7. The van der Waals surface area contributed by atoms with Crippen LogP contribution in [-0.4, -0.2) is 59.3 Å².